The second-order valence-corrected chi connectivity index (χ2v) is 9.97. The summed E-state index contributed by atoms with van der Waals surface area (Å²) in [6.07, 6.45) is 9.03. The zero-order chi connectivity index (χ0) is 25.6. The largest absolute Gasteiger partial charge is 0.393 e. The smallest absolute Gasteiger partial charge is 0.159 e. The molecule has 2 aromatic carbocycles. The fourth-order valence-electron chi connectivity index (χ4n) is 5.43. The lowest BCUT2D eigenvalue weighted by molar-refractivity contribution is 0.0994. The van der Waals surface area contributed by atoms with Crippen LogP contribution in [-0.4, -0.2) is 67.1 Å². The number of aromatic nitrogens is 5. The molecule has 0 radical (unpaired) electrons. The number of H-pyrrole nitrogens is 2. The molecule has 5 aromatic rings. The Morgan fingerprint density at radius 3 is 2.79 bits per heavy atom. The van der Waals surface area contributed by atoms with Gasteiger partial charge in [-0.05, 0) is 48.2 Å². The van der Waals surface area contributed by atoms with E-state index in [1.54, 1.807) is 18.5 Å². The Balaban J connectivity index is 1.25. The van der Waals surface area contributed by atoms with Gasteiger partial charge in [0.1, 0.15) is 11.5 Å². The maximum absolute atomic E-state index is 13.9. The summed E-state index contributed by atoms with van der Waals surface area (Å²) < 4.78 is 13.9. The van der Waals surface area contributed by atoms with Gasteiger partial charge in [-0.2, -0.15) is 5.10 Å². The first-order chi connectivity index (χ1) is 18.6. The number of rotatable bonds is 4. The van der Waals surface area contributed by atoms with Crippen molar-refractivity contribution in [2.24, 2.45) is 4.99 Å². The van der Waals surface area contributed by atoms with Crippen LogP contribution in [0.3, 0.4) is 0 Å². The molecule has 7 rings (SSSR count). The average molecular weight is 508 g/mol. The molecule has 190 valence electrons. The van der Waals surface area contributed by atoms with Crippen LogP contribution in [0.4, 0.5) is 4.39 Å². The maximum Gasteiger partial charge on any atom is 0.159 e. The number of likely N-dealkylation sites (tertiary alicyclic amines) is 1. The zero-order valence-corrected chi connectivity index (χ0v) is 20.6. The maximum atomic E-state index is 13.9. The van der Waals surface area contributed by atoms with Crippen molar-refractivity contribution in [1.29, 1.82) is 0 Å². The van der Waals surface area contributed by atoms with E-state index in [2.05, 4.69) is 48.3 Å². The van der Waals surface area contributed by atoms with Crippen LogP contribution < -0.4 is 0 Å². The first kappa shape index (κ1) is 22.8. The Bertz CT molecular complexity index is 1710. The minimum Gasteiger partial charge on any atom is -0.393 e. The summed E-state index contributed by atoms with van der Waals surface area (Å²) in [5, 5.41) is 18.5. The van der Waals surface area contributed by atoms with Gasteiger partial charge in [0.25, 0.3) is 0 Å². The van der Waals surface area contributed by atoms with Crippen LogP contribution in [0.2, 0.25) is 0 Å². The van der Waals surface area contributed by atoms with Crippen molar-refractivity contribution in [3.63, 3.8) is 0 Å². The highest BCUT2D eigenvalue weighted by molar-refractivity contribution is 5.96. The molecule has 8 nitrogen and oxygen atoms in total. The van der Waals surface area contributed by atoms with Gasteiger partial charge in [0.05, 0.1) is 34.5 Å². The number of aliphatic hydroxyl groups is 1. The van der Waals surface area contributed by atoms with E-state index in [9.17, 15) is 9.50 Å². The molecule has 1 atom stereocenters. The lowest BCUT2D eigenvalue weighted by atomic mass is 9.94. The molecule has 3 N–H and O–H groups in total. The van der Waals surface area contributed by atoms with Crippen molar-refractivity contribution in [2.75, 3.05) is 19.6 Å². The highest BCUT2D eigenvalue weighted by Gasteiger charge is 2.22. The van der Waals surface area contributed by atoms with Crippen LogP contribution in [-0.2, 0) is 0 Å². The summed E-state index contributed by atoms with van der Waals surface area (Å²) in [6.45, 7) is 2.37. The number of nitrogens with zero attached hydrogens (tertiary/aromatic N) is 5. The third kappa shape index (κ3) is 4.05. The summed E-state index contributed by atoms with van der Waals surface area (Å²) in [7, 11) is 0. The topological polar surface area (TPSA) is 106 Å². The third-order valence-corrected chi connectivity index (χ3v) is 7.50. The summed E-state index contributed by atoms with van der Waals surface area (Å²) in [4.78, 5) is 19.5. The molecule has 38 heavy (non-hydrogen) atoms. The van der Waals surface area contributed by atoms with Gasteiger partial charge in [-0.3, -0.25) is 15.1 Å². The number of hydrogen-bond acceptors (Lipinski definition) is 6. The number of imidazole rings is 1. The predicted octanol–water partition coefficient (Wildman–Crippen LogP) is 4.82. The minimum absolute atomic E-state index is 0.147. The fourth-order valence-corrected chi connectivity index (χ4v) is 5.43. The third-order valence-electron chi connectivity index (χ3n) is 7.50. The number of halogens is 1. The predicted molar refractivity (Wildman–Crippen MR) is 145 cm³/mol. The van der Waals surface area contributed by atoms with Crippen LogP contribution in [0.5, 0.6) is 0 Å². The Morgan fingerprint density at radius 2 is 1.92 bits per heavy atom. The molecule has 9 heteroatoms. The number of hydrogen-bond donors (Lipinski definition) is 3. The van der Waals surface area contributed by atoms with Crippen LogP contribution in [0.1, 0.15) is 24.3 Å². The number of benzene rings is 2. The van der Waals surface area contributed by atoms with Crippen molar-refractivity contribution >= 4 is 28.2 Å². The second kappa shape index (κ2) is 9.18. The summed E-state index contributed by atoms with van der Waals surface area (Å²) in [6, 6.07) is 12.8. The number of fused-ring (bicyclic) bond motifs is 2. The van der Waals surface area contributed by atoms with Crippen LogP contribution in [0.15, 0.2) is 71.6 Å². The van der Waals surface area contributed by atoms with E-state index in [0.717, 1.165) is 70.4 Å². The van der Waals surface area contributed by atoms with Gasteiger partial charge in [0.15, 0.2) is 5.82 Å². The molecule has 0 aliphatic carbocycles. The number of aromatic amines is 2. The molecule has 5 heterocycles. The van der Waals surface area contributed by atoms with Gasteiger partial charge >= 0.3 is 0 Å². The van der Waals surface area contributed by atoms with Crippen molar-refractivity contribution in [3.8, 4) is 22.6 Å². The summed E-state index contributed by atoms with van der Waals surface area (Å²) >= 11 is 0. The SMILES string of the molecule is OC1CCN(C2=CC(c3ccc4[nH]nc(-c5nc6c(-c7cccc(F)c7)cncc6[nH]5)c4c3)CN=C2)CC1. The first-order valence-electron chi connectivity index (χ1n) is 12.8. The molecule has 1 fully saturated rings. The molecular weight excluding hydrogens is 481 g/mol. The lowest BCUT2D eigenvalue weighted by Gasteiger charge is -2.33. The van der Waals surface area contributed by atoms with Gasteiger partial charge in [-0.15, -0.1) is 0 Å². The van der Waals surface area contributed by atoms with Crippen molar-refractivity contribution in [3.05, 3.63) is 78.0 Å². The van der Waals surface area contributed by atoms with Crippen LogP contribution in [0, 0.1) is 5.82 Å². The molecule has 2 aliphatic heterocycles. The van der Waals surface area contributed by atoms with Gasteiger partial charge in [0.2, 0.25) is 0 Å². The van der Waals surface area contributed by atoms with Crippen molar-refractivity contribution in [2.45, 2.75) is 24.9 Å². The van der Waals surface area contributed by atoms with E-state index in [0.29, 0.717) is 17.9 Å². The normalized spacial score (nSPS) is 18.4. The number of dihydropyridines is 1. The summed E-state index contributed by atoms with van der Waals surface area (Å²) in [5.41, 5.74) is 6.87. The van der Waals surface area contributed by atoms with Crippen LogP contribution in [0.25, 0.3) is 44.6 Å². The summed E-state index contributed by atoms with van der Waals surface area (Å²) in [5.74, 6) is 0.468. The molecule has 1 saturated heterocycles. The van der Waals surface area contributed by atoms with Crippen molar-refractivity contribution in [1.82, 2.24) is 30.0 Å². The number of allylic oxidation sites excluding steroid dienone is 1. The van der Waals surface area contributed by atoms with Crippen molar-refractivity contribution < 1.29 is 9.50 Å². The molecule has 1 unspecified atom stereocenters. The second-order valence-electron chi connectivity index (χ2n) is 9.97. The molecule has 2 aliphatic rings. The Morgan fingerprint density at radius 1 is 1.03 bits per heavy atom. The molecule has 0 saturated carbocycles. The quantitative estimate of drug-likeness (QED) is 0.324. The van der Waals surface area contributed by atoms with Gasteiger partial charge in [-0.25, -0.2) is 9.37 Å². The number of pyridine rings is 1. The van der Waals surface area contributed by atoms with E-state index in [-0.39, 0.29) is 17.8 Å². The molecule has 3 aromatic heterocycles. The lowest BCUT2D eigenvalue weighted by Crippen LogP contribution is -2.36. The van der Waals surface area contributed by atoms with E-state index >= 15 is 0 Å². The average Bonchev–Trinajstić information content (AvgIpc) is 3.57. The standard InChI is InChI=1S/C29H26FN7O/c30-20-3-1-2-18(10-20)24-15-32-16-26-27(24)34-29(33-26)28-23-12-17(4-5-25(23)35-36-28)19-11-21(14-31-13-19)37-8-6-22(38)7-9-37/h1-5,10-12,14-16,19,22,38H,6-9,13H2,(H,33,34)(H,35,36). The monoisotopic (exact) mass is 507 g/mol. The van der Waals surface area contributed by atoms with E-state index in [4.69, 9.17) is 4.98 Å². The van der Waals surface area contributed by atoms with E-state index in [1.807, 2.05) is 18.3 Å². The number of aliphatic imine (C=N–C) groups is 1. The highest BCUT2D eigenvalue weighted by Crippen LogP contribution is 2.33. The molecule has 0 spiro atoms. The van der Waals surface area contributed by atoms with Gasteiger partial charge in [-0.1, -0.05) is 24.3 Å². The molecular formula is C29H26FN7O. The van der Waals surface area contributed by atoms with E-state index < -0.39 is 0 Å². The Labute approximate surface area is 218 Å². The number of aliphatic hydroxyl groups excluding tert-OH is 1. The molecule has 0 bridgehead atoms. The fraction of sp³-hybridized carbons (Fsp3) is 0.241. The minimum atomic E-state index is -0.303. The van der Waals surface area contributed by atoms with E-state index in [1.165, 1.54) is 12.1 Å². The first-order valence-corrected chi connectivity index (χ1v) is 12.8. The Kier molecular flexibility index (Phi) is 5.51. The molecule has 0 amide bonds. The van der Waals surface area contributed by atoms with Gasteiger partial charge < -0.3 is 15.0 Å². The zero-order valence-electron chi connectivity index (χ0n) is 20.6. The number of nitrogens with one attached hydrogen (secondary N) is 2. The Hall–Kier alpha value is -4.37. The van der Waals surface area contributed by atoms with Crippen LogP contribution >= 0.6 is 0 Å². The highest BCUT2D eigenvalue weighted by atomic mass is 19.1. The van der Waals surface area contributed by atoms with Gasteiger partial charge in [0, 0.05) is 48.9 Å². The number of piperidine rings is 1.